The van der Waals surface area contributed by atoms with Gasteiger partial charge in [-0.1, -0.05) is 6.42 Å². The molecule has 2 rings (SSSR count). The average Bonchev–Trinajstić information content (AvgIpc) is 2.48. The standard InChI is InChI=1S/C12H17NO2S/c1-12(2,11(14)15)6-9-7-16-10(13-9)8-4-3-5-8/h7-8H,3-6H2,1-2H3,(H,14,15). The lowest BCUT2D eigenvalue weighted by atomic mass is 9.86. The van der Waals surface area contributed by atoms with Crippen LogP contribution in [-0.4, -0.2) is 16.1 Å². The maximum absolute atomic E-state index is 11.0. The van der Waals surface area contributed by atoms with Crippen LogP contribution in [0.5, 0.6) is 0 Å². The number of carbonyl (C=O) groups is 1. The zero-order valence-corrected chi connectivity index (χ0v) is 10.5. The number of carboxylic acid groups (broad SMARTS) is 1. The molecule has 0 aromatic carbocycles. The first-order chi connectivity index (χ1) is 7.49. The molecule has 16 heavy (non-hydrogen) atoms. The van der Waals surface area contributed by atoms with Gasteiger partial charge in [0, 0.05) is 17.7 Å². The van der Waals surface area contributed by atoms with Crippen LogP contribution in [0.2, 0.25) is 0 Å². The molecular formula is C12H17NO2S. The molecule has 0 saturated heterocycles. The highest BCUT2D eigenvalue weighted by molar-refractivity contribution is 7.09. The van der Waals surface area contributed by atoms with Crippen LogP contribution in [0.15, 0.2) is 5.38 Å². The minimum Gasteiger partial charge on any atom is -0.481 e. The van der Waals surface area contributed by atoms with E-state index in [-0.39, 0.29) is 0 Å². The van der Waals surface area contributed by atoms with Crippen molar-refractivity contribution in [2.45, 2.75) is 45.4 Å². The molecule has 1 aromatic heterocycles. The quantitative estimate of drug-likeness (QED) is 0.878. The fourth-order valence-corrected chi connectivity index (χ4v) is 2.77. The number of hydrogen-bond acceptors (Lipinski definition) is 3. The normalized spacial score (nSPS) is 17.1. The van der Waals surface area contributed by atoms with Gasteiger partial charge in [-0.3, -0.25) is 4.79 Å². The lowest BCUT2D eigenvalue weighted by Gasteiger charge is -2.22. The molecule has 1 aliphatic rings. The van der Waals surface area contributed by atoms with Crippen LogP contribution in [-0.2, 0) is 11.2 Å². The van der Waals surface area contributed by atoms with Gasteiger partial charge in [-0.15, -0.1) is 11.3 Å². The van der Waals surface area contributed by atoms with Gasteiger partial charge >= 0.3 is 5.97 Å². The van der Waals surface area contributed by atoms with Crippen LogP contribution in [0.1, 0.15) is 49.7 Å². The van der Waals surface area contributed by atoms with E-state index in [1.165, 1.54) is 24.3 Å². The largest absolute Gasteiger partial charge is 0.481 e. The zero-order chi connectivity index (χ0) is 11.8. The number of aromatic nitrogens is 1. The molecule has 1 aliphatic carbocycles. The molecule has 1 heterocycles. The summed E-state index contributed by atoms with van der Waals surface area (Å²) >= 11 is 1.68. The predicted molar refractivity (Wildman–Crippen MR) is 63.8 cm³/mol. The lowest BCUT2D eigenvalue weighted by Crippen LogP contribution is -2.26. The van der Waals surface area contributed by atoms with E-state index in [1.54, 1.807) is 25.2 Å². The summed E-state index contributed by atoms with van der Waals surface area (Å²) in [4.78, 5) is 15.6. The van der Waals surface area contributed by atoms with E-state index in [0.29, 0.717) is 12.3 Å². The summed E-state index contributed by atoms with van der Waals surface area (Å²) in [6.45, 7) is 3.50. The monoisotopic (exact) mass is 239 g/mol. The van der Waals surface area contributed by atoms with Crippen molar-refractivity contribution >= 4 is 17.3 Å². The Kier molecular flexibility index (Phi) is 3.02. The second-order valence-corrected chi connectivity index (χ2v) is 6.06. The van der Waals surface area contributed by atoms with Crippen molar-refractivity contribution in [3.05, 3.63) is 16.1 Å². The molecule has 0 amide bonds. The third kappa shape index (κ3) is 2.26. The molecule has 3 nitrogen and oxygen atoms in total. The Labute approximate surface area is 99.5 Å². The summed E-state index contributed by atoms with van der Waals surface area (Å²) in [6.07, 6.45) is 4.32. The highest BCUT2D eigenvalue weighted by atomic mass is 32.1. The molecule has 0 atom stereocenters. The molecule has 1 aromatic rings. The van der Waals surface area contributed by atoms with Crippen molar-refractivity contribution in [2.24, 2.45) is 5.41 Å². The van der Waals surface area contributed by atoms with Gasteiger partial charge in [0.1, 0.15) is 0 Å². The smallest absolute Gasteiger partial charge is 0.309 e. The third-order valence-corrected chi connectivity index (χ3v) is 4.28. The van der Waals surface area contributed by atoms with Gasteiger partial charge in [-0.05, 0) is 26.7 Å². The molecule has 4 heteroatoms. The fourth-order valence-electron chi connectivity index (χ4n) is 1.77. The molecule has 0 spiro atoms. The van der Waals surface area contributed by atoms with Crippen LogP contribution in [0.25, 0.3) is 0 Å². The molecule has 88 valence electrons. The number of rotatable bonds is 4. The summed E-state index contributed by atoms with van der Waals surface area (Å²) in [6, 6.07) is 0. The maximum atomic E-state index is 11.0. The van der Waals surface area contributed by atoms with Gasteiger partial charge < -0.3 is 5.11 Å². The molecule has 0 radical (unpaired) electrons. The molecule has 0 aliphatic heterocycles. The average molecular weight is 239 g/mol. The molecule has 1 fully saturated rings. The van der Waals surface area contributed by atoms with Crippen LogP contribution in [0.3, 0.4) is 0 Å². The number of aliphatic carboxylic acids is 1. The summed E-state index contributed by atoms with van der Waals surface area (Å²) in [5.41, 5.74) is 0.213. The molecular weight excluding hydrogens is 222 g/mol. The van der Waals surface area contributed by atoms with Gasteiger partial charge in [-0.2, -0.15) is 0 Å². The van der Waals surface area contributed by atoms with E-state index in [4.69, 9.17) is 5.11 Å². The first-order valence-corrected chi connectivity index (χ1v) is 6.55. The summed E-state index contributed by atoms with van der Waals surface area (Å²) in [5.74, 6) is -0.114. The van der Waals surface area contributed by atoms with Crippen molar-refractivity contribution in [3.8, 4) is 0 Å². The van der Waals surface area contributed by atoms with Crippen molar-refractivity contribution < 1.29 is 9.90 Å². The van der Waals surface area contributed by atoms with Crippen molar-refractivity contribution in [3.63, 3.8) is 0 Å². The number of nitrogens with zero attached hydrogens (tertiary/aromatic N) is 1. The van der Waals surface area contributed by atoms with Gasteiger partial charge in [-0.25, -0.2) is 4.98 Å². The Bertz CT molecular complexity index is 393. The van der Waals surface area contributed by atoms with Gasteiger partial charge in [0.2, 0.25) is 0 Å². The molecule has 0 unspecified atom stereocenters. The second-order valence-electron chi connectivity index (χ2n) is 5.17. The number of carboxylic acids is 1. The Morgan fingerprint density at radius 3 is 2.81 bits per heavy atom. The van der Waals surface area contributed by atoms with E-state index < -0.39 is 11.4 Å². The van der Waals surface area contributed by atoms with Crippen molar-refractivity contribution in [1.29, 1.82) is 0 Å². The summed E-state index contributed by atoms with van der Waals surface area (Å²) < 4.78 is 0. The molecule has 1 N–H and O–H groups in total. The molecule has 0 bridgehead atoms. The number of thiazole rings is 1. The van der Waals surface area contributed by atoms with E-state index in [0.717, 1.165) is 5.69 Å². The highest BCUT2D eigenvalue weighted by Gasteiger charge is 2.29. The lowest BCUT2D eigenvalue weighted by molar-refractivity contribution is -0.146. The van der Waals surface area contributed by atoms with Crippen molar-refractivity contribution in [2.75, 3.05) is 0 Å². The Balaban J connectivity index is 2.04. The van der Waals surface area contributed by atoms with E-state index in [1.807, 2.05) is 5.38 Å². The SMILES string of the molecule is CC(C)(Cc1csc(C2CCC2)n1)C(=O)O. The van der Waals surface area contributed by atoms with Crippen molar-refractivity contribution in [1.82, 2.24) is 4.98 Å². The van der Waals surface area contributed by atoms with Gasteiger partial charge in [0.25, 0.3) is 0 Å². The fraction of sp³-hybridized carbons (Fsp3) is 0.667. The van der Waals surface area contributed by atoms with Gasteiger partial charge in [0.05, 0.1) is 16.1 Å². The Morgan fingerprint density at radius 2 is 2.31 bits per heavy atom. The first kappa shape index (κ1) is 11.6. The summed E-state index contributed by atoms with van der Waals surface area (Å²) in [5, 5.41) is 12.3. The summed E-state index contributed by atoms with van der Waals surface area (Å²) in [7, 11) is 0. The van der Waals surface area contributed by atoms with Gasteiger partial charge in [0.15, 0.2) is 0 Å². The Morgan fingerprint density at radius 1 is 1.62 bits per heavy atom. The zero-order valence-electron chi connectivity index (χ0n) is 9.69. The Hall–Kier alpha value is -0.900. The predicted octanol–water partition coefficient (Wildman–Crippen LogP) is 3.06. The van der Waals surface area contributed by atoms with E-state index >= 15 is 0 Å². The minimum absolute atomic E-state index is 0.519. The van der Waals surface area contributed by atoms with E-state index in [2.05, 4.69) is 4.98 Å². The highest BCUT2D eigenvalue weighted by Crippen LogP contribution is 2.38. The van der Waals surface area contributed by atoms with Crippen LogP contribution in [0, 0.1) is 5.41 Å². The van der Waals surface area contributed by atoms with Crippen LogP contribution >= 0.6 is 11.3 Å². The minimum atomic E-state index is -0.759. The first-order valence-electron chi connectivity index (χ1n) is 5.67. The third-order valence-electron chi connectivity index (χ3n) is 3.23. The van der Waals surface area contributed by atoms with Crippen LogP contribution < -0.4 is 0 Å². The van der Waals surface area contributed by atoms with Crippen LogP contribution in [0.4, 0.5) is 0 Å². The number of hydrogen-bond donors (Lipinski definition) is 1. The second kappa shape index (κ2) is 4.17. The topological polar surface area (TPSA) is 50.2 Å². The van der Waals surface area contributed by atoms with E-state index in [9.17, 15) is 4.79 Å². The molecule has 1 saturated carbocycles. The maximum Gasteiger partial charge on any atom is 0.309 e.